The van der Waals surface area contributed by atoms with Crippen LogP contribution >= 0.6 is 0 Å². The molecule has 3 unspecified atom stereocenters. The van der Waals surface area contributed by atoms with Crippen LogP contribution in [0.2, 0.25) is 0 Å². The molecule has 2 aromatic carbocycles. The summed E-state index contributed by atoms with van der Waals surface area (Å²) in [6, 6.07) is 17.1. The number of carbonyl (C=O) groups excluding carboxylic acids is 2. The predicted molar refractivity (Wildman–Crippen MR) is 194 cm³/mol. The molecule has 0 heterocycles. The van der Waals surface area contributed by atoms with Crippen molar-refractivity contribution >= 4 is 21.7 Å². The average molecular weight is 640 g/mol. The van der Waals surface area contributed by atoms with E-state index in [1.807, 2.05) is 32.0 Å². The molecule has 0 bridgehead atoms. The number of unbranched alkanes of at least 4 members (excludes halogenated alkanes) is 1. The van der Waals surface area contributed by atoms with Crippen LogP contribution in [0.5, 0.6) is 0 Å². The molecule has 0 spiro atoms. The molecule has 0 saturated heterocycles. The number of rotatable bonds is 17. The smallest absolute Gasteiger partial charge is 0.222 e. The summed E-state index contributed by atoms with van der Waals surface area (Å²) < 4.78 is 24.8. The summed E-state index contributed by atoms with van der Waals surface area (Å²) in [6.45, 7) is 7.57. The molecule has 0 aliphatic heterocycles. The Morgan fingerprint density at radius 1 is 0.773 bits per heavy atom. The van der Waals surface area contributed by atoms with Gasteiger partial charge in [0.05, 0.1) is 10.6 Å². The van der Waals surface area contributed by atoms with Crippen molar-refractivity contribution in [2.75, 3.05) is 32.4 Å². The Morgan fingerprint density at radius 3 is 1.89 bits per heavy atom. The standard InChI is InChI=1S/C30H45N3O4S.6CH4/c1-5-25(26-11-7-6-8-12-26)22-27(30(35)31-4)21-24(3)29(34)33-18-10-9-17-32-19-20-38(36,37)28-15-13-23(2)14-16-28;;;;;;/h6-8,11-16,24-25,27,32H,5,9-10,17-22H2,1-4H3,(H,31,35)(H,33,34);6*1H4. The number of hydrogen-bond donors (Lipinski definition) is 3. The van der Waals surface area contributed by atoms with E-state index in [0.29, 0.717) is 37.4 Å². The molecule has 258 valence electrons. The van der Waals surface area contributed by atoms with E-state index in [1.54, 1.807) is 31.3 Å². The summed E-state index contributed by atoms with van der Waals surface area (Å²) in [6.07, 6.45) is 3.77. The first-order valence-electron chi connectivity index (χ1n) is 13.7. The molecule has 3 N–H and O–H groups in total. The van der Waals surface area contributed by atoms with Crippen LogP contribution in [0, 0.1) is 18.8 Å². The third-order valence-electron chi connectivity index (χ3n) is 7.04. The molecule has 0 fully saturated rings. The average Bonchev–Trinajstić information content (AvgIpc) is 2.92. The molecule has 2 amide bonds. The highest BCUT2D eigenvalue weighted by atomic mass is 32.2. The minimum Gasteiger partial charge on any atom is -0.359 e. The van der Waals surface area contributed by atoms with Crippen LogP contribution in [-0.2, 0) is 19.4 Å². The molecule has 0 radical (unpaired) electrons. The van der Waals surface area contributed by atoms with Gasteiger partial charge in [-0.1, -0.05) is 106 Å². The van der Waals surface area contributed by atoms with Gasteiger partial charge in [0.1, 0.15) is 0 Å². The molecule has 44 heavy (non-hydrogen) atoms. The van der Waals surface area contributed by atoms with Crippen LogP contribution in [0.25, 0.3) is 0 Å². The van der Waals surface area contributed by atoms with Gasteiger partial charge in [0.2, 0.25) is 11.8 Å². The number of carbonyl (C=O) groups is 2. The first kappa shape index (κ1) is 50.9. The minimum atomic E-state index is -3.29. The Balaban J connectivity index is -0.000000845. The summed E-state index contributed by atoms with van der Waals surface area (Å²) in [4.78, 5) is 25.7. The molecule has 0 aliphatic carbocycles. The molecular weight excluding hydrogens is 570 g/mol. The fourth-order valence-electron chi connectivity index (χ4n) is 4.61. The lowest BCUT2D eigenvalue weighted by Crippen LogP contribution is -2.35. The largest absolute Gasteiger partial charge is 0.359 e. The summed E-state index contributed by atoms with van der Waals surface area (Å²) in [5, 5.41) is 8.94. The van der Waals surface area contributed by atoms with Crippen molar-refractivity contribution in [2.24, 2.45) is 11.8 Å². The second-order valence-electron chi connectivity index (χ2n) is 10.1. The number of aryl methyl sites for hydroxylation is 1. The maximum absolute atomic E-state index is 12.7. The molecule has 0 aromatic heterocycles. The van der Waals surface area contributed by atoms with E-state index in [2.05, 4.69) is 35.0 Å². The van der Waals surface area contributed by atoms with Gasteiger partial charge in [0, 0.05) is 32.0 Å². The van der Waals surface area contributed by atoms with Crippen molar-refractivity contribution < 1.29 is 18.0 Å². The Morgan fingerprint density at radius 2 is 1.34 bits per heavy atom. The quantitative estimate of drug-likeness (QED) is 0.152. The second kappa shape index (κ2) is 26.7. The lowest BCUT2D eigenvalue weighted by atomic mass is 9.82. The zero-order valence-electron chi connectivity index (χ0n) is 23.3. The molecule has 7 nitrogen and oxygen atoms in total. The topological polar surface area (TPSA) is 104 Å². The number of hydrogen-bond acceptors (Lipinski definition) is 5. The van der Waals surface area contributed by atoms with Crippen molar-refractivity contribution in [1.29, 1.82) is 0 Å². The minimum absolute atomic E-state index is 0. The van der Waals surface area contributed by atoms with Gasteiger partial charge < -0.3 is 16.0 Å². The highest BCUT2D eigenvalue weighted by Crippen LogP contribution is 2.30. The van der Waals surface area contributed by atoms with Gasteiger partial charge >= 0.3 is 0 Å². The molecule has 3 atom stereocenters. The number of benzene rings is 2. The summed E-state index contributed by atoms with van der Waals surface area (Å²) in [5.41, 5.74) is 2.25. The fraction of sp³-hybridized carbons (Fsp3) is 0.611. The fourth-order valence-corrected chi connectivity index (χ4v) is 5.81. The van der Waals surface area contributed by atoms with Crippen LogP contribution in [0.15, 0.2) is 59.5 Å². The van der Waals surface area contributed by atoms with Gasteiger partial charge in [-0.2, -0.15) is 0 Å². The molecule has 2 aromatic rings. The summed E-state index contributed by atoms with van der Waals surface area (Å²) in [7, 11) is -1.64. The van der Waals surface area contributed by atoms with Gasteiger partial charge in [0.25, 0.3) is 0 Å². The molecular formula is C36H69N3O4S. The van der Waals surface area contributed by atoms with E-state index in [-0.39, 0.29) is 79.9 Å². The van der Waals surface area contributed by atoms with E-state index in [4.69, 9.17) is 0 Å². The van der Waals surface area contributed by atoms with Gasteiger partial charge in [-0.15, -0.1) is 0 Å². The second-order valence-corrected chi connectivity index (χ2v) is 12.2. The molecule has 8 heteroatoms. The van der Waals surface area contributed by atoms with Gasteiger partial charge in [0.15, 0.2) is 9.84 Å². The third kappa shape index (κ3) is 17.6. The monoisotopic (exact) mass is 640 g/mol. The first-order chi connectivity index (χ1) is 18.2. The van der Waals surface area contributed by atoms with E-state index in [9.17, 15) is 18.0 Å². The molecule has 2 rings (SSSR count). The van der Waals surface area contributed by atoms with Crippen LogP contribution < -0.4 is 16.0 Å². The normalized spacial score (nSPS) is 12.0. The maximum Gasteiger partial charge on any atom is 0.222 e. The van der Waals surface area contributed by atoms with Crippen LogP contribution in [-0.4, -0.2) is 52.7 Å². The maximum atomic E-state index is 12.7. The van der Waals surface area contributed by atoms with E-state index in [1.165, 1.54) is 5.56 Å². The Hall–Kier alpha value is -2.71. The predicted octanol–water partition coefficient (Wildman–Crippen LogP) is 8.04. The Labute approximate surface area is 273 Å². The van der Waals surface area contributed by atoms with E-state index in [0.717, 1.165) is 24.8 Å². The summed E-state index contributed by atoms with van der Waals surface area (Å²) >= 11 is 0. The zero-order chi connectivity index (χ0) is 28.0. The van der Waals surface area contributed by atoms with Gasteiger partial charge in [-0.25, -0.2) is 8.42 Å². The number of nitrogens with one attached hydrogen (secondary N) is 3. The van der Waals surface area contributed by atoms with Crippen molar-refractivity contribution in [3.63, 3.8) is 0 Å². The van der Waals surface area contributed by atoms with Gasteiger partial charge in [-0.05, 0) is 69.2 Å². The van der Waals surface area contributed by atoms with Crippen molar-refractivity contribution in [3.8, 4) is 0 Å². The van der Waals surface area contributed by atoms with Crippen LogP contribution in [0.3, 0.4) is 0 Å². The van der Waals surface area contributed by atoms with Crippen molar-refractivity contribution in [1.82, 2.24) is 16.0 Å². The third-order valence-corrected chi connectivity index (χ3v) is 8.77. The highest BCUT2D eigenvalue weighted by Gasteiger charge is 2.27. The number of sulfone groups is 1. The Bertz CT molecular complexity index is 1090. The van der Waals surface area contributed by atoms with Crippen LogP contribution in [0.4, 0.5) is 0 Å². The number of amides is 2. The SMILES string of the molecule is C.C.C.C.C.C.CCC(CC(CC(C)C(=O)NCCCCNCCS(=O)(=O)c1ccc(C)cc1)C(=O)NC)c1ccccc1. The van der Waals surface area contributed by atoms with Crippen LogP contribution in [0.1, 0.15) is 108 Å². The van der Waals surface area contributed by atoms with Gasteiger partial charge in [-0.3, -0.25) is 9.59 Å². The lowest BCUT2D eigenvalue weighted by Gasteiger charge is -2.24. The lowest BCUT2D eigenvalue weighted by molar-refractivity contribution is -0.128. The Kier molecular flexibility index (Phi) is 30.9. The zero-order valence-corrected chi connectivity index (χ0v) is 24.1. The summed E-state index contributed by atoms with van der Waals surface area (Å²) in [5.74, 6) is -0.228. The van der Waals surface area contributed by atoms with E-state index >= 15 is 0 Å². The first-order valence-corrected chi connectivity index (χ1v) is 15.4. The van der Waals surface area contributed by atoms with Crippen molar-refractivity contribution in [3.05, 3.63) is 65.7 Å². The van der Waals surface area contributed by atoms with Crippen molar-refractivity contribution in [2.45, 2.75) is 108 Å². The molecule has 0 aliphatic rings. The van der Waals surface area contributed by atoms with E-state index < -0.39 is 9.84 Å². The highest BCUT2D eigenvalue weighted by molar-refractivity contribution is 7.91. The molecule has 0 saturated carbocycles.